The van der Waals surface area contributed by atoms with Gasteiger partial charge in [-0.15, -0.1) is 0 Å². The van der Waals surface area contributed by atoms with Crippen molar-refractivity contribution in [3.8, 4) is 5.75 Å². The maximum Gasteiger partial charge on any atom is 0.254 e. The van der Waals surface area contributed by atoms with Crippen molar-refractivity contribution in [2.24, 2.45) is 0 Å². The van der Waals surface area contributed by atoms with Crippen LogP contribution >= 0.6 is 0 Å². The Morgan fingerprint density at radius 1 is 1.19 bits per heavy atom. The first-order valence-electron chi connectivity index (χ1n) is 8.50. The fraction of sp³-hybridized carbons (Fsp3) is 0.238. The van der Waals surface area contributed by atoms with E-state index in [-0.39, 0.29) is 5.91 Å². The average Bonchev–Trinajstić information content (AvgIpc) is 2.68. The molecule has 0 aliphatic heterocycles. The number of methoxy groups -OCH3 is 1. The summed E-state index contributed by atoms with van der Waals surface area (Å²) in [6.07, 6.45) is 0.828. The Morgan fingerprint density at radius 2 is 1.96 bits per heavy atom. The summed E-state index contributed by atoms with van der Waals surface area (Å²) in [4.78, 5) is 26.6. The van der Waals surface area contributed by atoms with Gasteiger partial charge in [-0.1, -0.05) is 24.3 Å². The van der Waals surface area contributed by atoms with E-state index in [0.717, 1.165) is 22.4 Å². The Kier molecular flexibility index (Phi) is 5.19. The molecular formula is C21H22N2O3. The lowest BCUT2D eigenvalue weighted by Crippen LogP contribution is -2.33. The molecule has 3 aromatic carbocycles. The van der Waals surface area contributed by atoms with Crippen molar-refractivity contribution in [1.29, 1.82) is 0 Å². The zero-order chi connectivity index (χ0) is 18.7. The molecule has 5 heteroatoms. The summed E-state index contributed by atoms with van der Waals surface area (Å²) in [5.41, 5.74) is 1.02. The number of amides is 1. The summed E-state index contributed by atoms with van der Waals surface area (Å²) >= 11 is 0. The number of fused-ring (bicyclic) bond motifs is 2. The van der Waals surface area contributed by atoms with E-state index >= 15 is 0 Å². The molecule has 0 heterocycles. The second-order valence-electron chi connectivity index (χ2n) is 6.20. The van der Waals surface area contributed by atoms with Crippen LogP contribution in [0.3, 0.4) is 0 Å². The monoisotopic (exact) mass is 350 g/mol. The van der Waals surface area contributed by atoms with Crippen LogP contribution in [0.15, 0.2) is 42.5 Å². The van der Waals surface area contributed by atoms with Crippen LogP contribution in [-0.2, 0) is 0 Å². The minimum absolute atomic E-state index is 0.119. The van der Waals surface area contributed by atoms with Crippen LogP contribution in [0, 0.1) is 0 Å². The van der Waals surface area contributed by atoms with Crippen LogP contribution in [0.25, 0.3) is 21.5 Å². The van der Waals surface area contributed by atoms with Crippen molar-refractivity contribution < 1.29 is 14.3 Å². The standard InChI is InChI=1S/C21H22N2O3/c1-22-10-11-23(2)21(25)16-8-9-19(26-3)17-12-14-6-4-5-7-15(14)18(13-24)20(16)17/h4-9,12-13,22H,10-11H2,1-3H3. The average molecular weight is 350 g/mol. The lowest BCUT2D eigenvalue weighted by molar-refractivity contribution is 0.0799. The van der Waals surface area contributed by atoms with E-state index in [4.69, 9.17) is 4.74 Å². The largest absolute Gasteiger partial charge is 0.496 e. The molecule has 1 N–H and O–H groups in total. The van der Waals surface area contributed by atoms with E-state index in [1.807, 2.05) is 37.4 Å². The van der Waals surface area contributed by atoms with Gasteiger partial charge in [0.2, 0.25) is 0 Å². The molecule has 0 bridgehead atoms. The molecule has 0 aliphatic carbocycles. The minimum atomic E-state index is -0.119. The Balaban J connectivity index is 2.32. The molecule has 0 spiro atoms. The van der Waals surface area contributed by atoms with Crippen LogP contribution in [0.4, 0.5) is 0 Å². The van der Waals surface area contributed by atoms with Gasteiger partial charge >= 0.3 is 0 Å². The van der Waals surface area contributed by atoms with Gasteiger partial charge in [-0.25, -0.2) is 0 Å². The van der Waals surface area contributed by atoms with Gasteiger partial charge in [0.05, 0.1) is 7.11 Å². The number of carbonyl (C=O) groups is 2. The molecule has 0 unspecified atom stereocenters. The van der Waals surface area contributed by atoms with Crippen molar-refractivity contribution in [1.82, 2.24) is 10.2 Å². The molecule has 0 radical (unpaired) electrons. The fourth-order valence-corrected chi connectivity index (χ4v) is 3.26. The van der Waals surface area contributed by atoms with Gasteiger partial charge < -0.3 is 15.0 Å². The van der Waals surface area contributed by atoms with E-state index in [1.165, 1.54) is 0 Å². The first-order chi connectivity index (χ1) is 12.6. The number of nitrogens with one attached hydrogen (secondary N) is 1. The van der Waals surface area contributed by atoms with Gasteiger partial charge in [-0.2, -0.15) is 0 Å². The first-order valence-corrected chi connectivity index (χ1v) is 8.50. The van der Waals surface area contributed by atoms with Gasteiger partial charge in [0.1, 0.15) is 5.75 Å². The number of aldehydes is 1. The van der Waals surface area contributed by atoms with E-state index in [9.17, 15) is 9.59 Å². The lowest BCUT2D eigenvalue weighted by atomic mass is 9.93. The molecule has 0 atom stereocenters. The number of ether oxygens (including phenoxy) is 1. The molecule has 0 aromatic heterocycles. The number of hydrogen-bond donors (Lipinski definition) is 1. The first kappa shape index (κ1) is 17.9. The molecule has 0 saturated carbocycles. The van der Waals surface area contributed by atoms with Crippen LogP contribution in [-0.4, -0.2) is 51.4 Å². The summed E-state index contributed by atoms with van der Waals surface area (Å²) in [6.45, 7) is 1.27. The SMILES string of the molecule is CNCCN(C)C(=O)c1ccc(OC)c2cc3ccccc3c(C=O)c12. The van der Waals surface area contributed by atoms with Crippen molar-refractivity contribution in [2.45, 2.75) is 0 Å². The predicted molar refractivity (Wildman–Crippen MR) is 104 cm³/mol. The van der Waals surface area contributed by atoms with Crippen molar-refractivity contribution in [3.05, 3.63) is 53.6 Å². The molecule has 0 saturated heterocycles. The fourth-order valence-electron chi connectivity index (χ4n) is 3.26. The highest BCUT2D eigenvalue weighted by Gasteiger charge is 2.20. The van der Waals surface area contributed by atoms with E-state index in [1.54, 1.807) is 31.2 Å². The molecule has 26 heavy (non-hydrogen) atoms. The summed E-state index contributed by atoms with van der Waals surface area (Å²) in [7, 11) is 5.19. The third kappa shape index (κ3) is 3.02. The zero-order valence-electron chi connectivity index (χ0n) is 15.2. The molecule has 0 fully saturated rings. The molecule has 0 aliphatic rings. The highest BCUT2D eigenvalue weighted by Crippen LogP contribution is 2.35. The molecule has 3 rings (SSSR count). The zero-order valence-corrected chi connectivity index (χ0v) is 15.2. The van der Waals surface area contributed by atoms with Gasteiger partial charge in [0.15, 0.2) is 6.29 Å². The van der Waals surface area contributed by atoms with Crippen LogP contribution in [0.1, 0.15) is 20.7 Å². The Bertz CT molecular complexity index is 982. The molecule has 1 amide bonds. The lowest BCUT2D eigenvalue weighted by Gasteiger charge is -2.20. The van der Waals surface area contributed by atoms with E-state index in [0.29, 0.717) is 35.4 Å². The van der Waals surface area contributed by atoms with Gasteiger partial charge in [0, 0.05) is 42.0 Å². The number of nitrogens with zero attached hydrogens (tertiary/aromatic N) is 1. The van der Waals surface area contributed by atoms with Crippen LogP contribution in [0.5, 0.6) is 5.75 Å². The van der Waals surface area contributed by atoms with Gasteiger partial charge in [-0.3, -0.25) is 9.59 Å². The minimum Gasteiger partial charge on any atom is -0.496 e. The van der Waals surface area contributed by atoms with Crippen LogP contribution in [0.2, 0.25) is 0 Å². The normalized spacial score (nSPS) is 10.9. The predicted octanol–water partition coefficient (Wildman–Crippen LogP) is 3.11. The second kappa shape index (κ2) is 7.54. The van der Waals surface area contributed by atoms with E-state index < -0.39 is 0 Å². The third-order valence-electron chi connectivity index (χ3n) is 4.64. The topological polar surface area (TPSA) is 58.6 Å². The summed E-state index contributed by atoms with van der Waals surface area (Å²) < 4.78 is 5.49. The number of rotatable bonds is 6. The van der Waals surface area contributed by atoms with Crippen molar-refractivity contribution >= 4 is 33.7 Å². The van der Waals surface area contributed by atoms with Crippen molar-refractivity contribution in [2.75, 3.05) is 34.3 Å². The summed E-state index contributed by atoms with van der Waals surface area (Å²) in [6, 6.07) is 13.2. The molecule has 5 nitrogen and oxygen atoms in total. The van der Waals surface area contributed by atoms with Crippen molar-refractivity contribution in [3.63, 3.8) is 0 Å². The number of carbonyl (C=O) groups excluding carboxylic acids is 2. The smallest absolute Gasteiger partial charge is 0.254 e. The number of benzene rings is 3. The second-order valence-corrected chi connectivity index (χ2v) is 6.20. The maximum absolute atomic E-state index is 13.0. The molecule has 134 valence electrons. The number of likely N-dealkylation sites (N-methyl/N-ethyl adjacent to an activating group) is 2. The quantitative estimate of drug-likeness (QED) is 0.548. The number of hydrogen-bond acceptors (Lipinski definition) is 4. The Labute approximate surface area is 152 Å². The summed E-state index contributed by atoms with van der Waals surface area (Å²) in [5, 5.41) is 6.21. The van der Waals surface area contributed by atoms with Gasteiger partial charge in [0.25, 0.3) is 5.91 Å². The third-order valence-corrected chi connectivity index (χ3v) is 4.64. The van der Waals surface area contributed by atoms with E-state index in [2.05, 4.69) is 5.32 Å². The maximum atomic E-state index is 13.0. The highest BCUT2D eigenvalue weighted by atomic mass is 16.5. The Hall–Kier alpha value is -2.92. The van der Waals surface area contributed by atoms with Crippen LogP contribution < -0.4 is 10.1 Å². The van der Waals surface area contributed by atoms with Gasteiger partial charge in [-0.05, 0) is 36.0 Å². The highest BCUT2D eigenvalue weighted by molar-refractivity contribution is 6.20. The summed E-state index contributed by atoms with van der Waals surface area (Å²) in [5.74, 6) is 0.523. The Morgan fingerprint density at radius 3 is 2.65 bits per heavy atom. The molecule has 3 aromatic rings. The molecular weight excluding hydrogens is 328 g/mol.